The minimum absolute atomic E-state index is 0.0679. The Morgan fingerprint density at radius 2 is 2.06 bits per heavy atom. The van der Waals surface area contributed by atoms with Crippen molar-refractivity contribution in [2.24, 2.45) is 11.7 Å². The summed E-state index contributed by atoms with van der Waals surface area (Å²) in [6.07, 6.45) is 2.97. The molecular weight excluding hydrogens is 392 g/mol. The van der Waals surface area contributed by atoms with Gasteiger partial charge in [0.2, 0.25) is 5.91 Å². The molecule has 31 heavy (non-hydrogen) atoms. The molecule has 0 spiro atoms. The molecule has 1 fully saturated rings. The molecule has 2 aliphatic heterocycles. The zero-order valence-corrected chi connectivity index (χ0v) is 17.8. The van der Waals surface area contributed by atoms with Gasteiger partial charge in [-0.1, -0.05) is 12.1 Å². The zero-order chi connectivity index (χ0) is 21.5. The van der Waals surface area contributed by atoms with Crippen LogP contribution in [0.15, 0.2) is 47.4 Å². The number of likely N-dealkylation sites (tertiary alicyclic amines) is 1. The summed E-state index contributed by atoms with van der Waals surface area (Å²) in [4.78, 5) is 28.6. The lowest BCUT2D eigenvalue weighted by atomic mass is 9.83. The zero-order valence-electron chi connectivity index (χ0n) is 17.8. The van der Waals surface area contributed by atoms with Gasteiger partial charge in [-0.2, -0.15) is 5.10 Å². The number of carbonyl (C=O) groups is 1. The fourth-order valence-corrected chi connectivity index (χ4v) is 5.31. The molecule has 0 aromatic carbocycles. The molecule has 8 nitrogen and oxygen atoms in total. The Morgan fingerprint density at radius 1 is 1.19 bits per heavy atom. The van der Waals surface area contributed by atoms with Crippen LogP contribution in [0.25, 0.3) is 5.52 Å². The van der Waals surface area contributed by atoms with Crippen LogP contribution in [0.2, 0.25) is 0 Å². The monoisotopic (exact) mass is 420 g/mol. The Labute approximate surface area is 180 Å². The summed E-state index contributed by atoms with van der Waals surface area (Å²) in [5.74, 6) is 0.426. The Bertz CT molecular complexity index is 1180. The van der Waals surface area contributed by atoms with E-state index < -0.39 is 0 Å². The maximum absolute atomic E-state index is 13.2. The number of nitrogens with two attached hydrogens (primary N) is 1. The first-order chi connectivity index (χ1) is 15.0. The first kappa shape index (κ1) is 20.0. The predicted octanol–water partition coefficient (Wildman–Crippen LogP) is 1.03. The van der Waals surface area contributed by atoms with Gasteiger partial charge in [0.25, 0.3) is 5.56 Å². The van der Waals surface area contributed by atoms with Crippen molar-refractivity contribution in [1.29, 1.82) is 0 Å². The summed E-state index contributed by atoms with van der Waals surface area (Å²) in [5, 5.41) is 4.47. The molecule has 5 rings (SSSR count). The molecule has 2 N–H and O–H groups in total. The number of fused-ring (bicyclic) bond motifs is 5. The summed E-state index contributed by atoms with van der Waals surface area (Å²) < 4.78 is 3.98. The van der Waals surface area contributed by atoms with Crippen LogP contribution in [0.5, 0.6) is 0 Å². The van der Waals surface area contributed by atoms with E-state index in [1.165, 1.54) is 5.69 Å². The summed E-state index contributed by atoms with van der Waals surface area (Å²) in [7, 11) is 1.81. The van der Waals surface area contributed by atoms with Crippen LogP contribution in [0, 0.1) is 5.92 Å². The molecule has 0 unspecified atom stereocenters. The molecule has 0 aliphatic carbocycles. The van der Waals surface area contributed by atoms with Crippen molar-refractivity contribution in [3.05, 3.63) is 69.9 Å². The molecule has 5 heterocycles. The van der Waals surface area contributed by atoms with Crippen LogP contribution in [0.1, 0.15) is 29.3 Å². The maximum Gasteiger partial charge on any atom is 0.255 e. The molecule has 0 saturated carbocycles. The van der Waals surface area contributed by atoms with E-state index in [1.54, 1.807) is 11.9 Å². The average molecular weight is 421 g/mol. The number of nitrogens with zero attached hydrogens (tertiary/aromatic N) is 5. The van der Waals surface area contributed by atoms with E-state index in [1.807, 2.05) is 27.4 Å². The largest absolute Gasteiger partial charge is 0.369 e. The lowest BCUT2D eigenvalue weighted by Crippen LogP contribution is -2.47. The second kappa shape index (κ2) is 7.94. The van der Waals surface area contributed by atoms with Crippen molar-refractivity contribution < 1.29 is 4.79 Å². The van der Waals surface area contributed by atoms with Crippen molar-refractivity contribution in [3.8, 4) is 0 Å². The van der Waals surface area contributed by atoms with E-state index in [0.29, 0.717) is 18.4 Å². The van der Waals surface area contributed by atoms with Crippen LogP contribution in [-0.4, -0.2) is 56.6 Å². The number of piperidine rings is 1. The van der Waals surface area contributed by atoms with Crippen molar-refractivity contribution >= 4 is 11.4 Å². The van der Waals surface area contributed by atoms with Crippen LogP contribution >= 0.6 is 0 Å². The second-order valence-electron chi connectivity index (χ2n) is 9.02. The smallest absolute Gasteiger partial charge is 0.255 e. The van der Waals surface area contributed by atoms with E-state index >= 15 is 0 Å². The highest BCUT2D eigenvalue weighted by Gasteiger charge is 2.35. The van der Waals surface area contributed by atoms with Crippen LogP contribution in [0.4, 0.5) is 0 Å². The molecule has 2 atom stereocenters. The maximum atomic E-state index is 13.2. The van der Waals surface area contributed by atoms with Gasteiger partial charge in [-0.3, -0.25) is 19.4 Å². The molecule has 8 heteroatoms. The van der Waals surface area contributed by atoms with Crippen molar-refractivity contribution in [1.82, 2.24) is 24.0 Å². The third-order valence-electron chi connectivity index (χ3n) is 6.51. The van der Waals surface area contributed by atoms with Gasteiger partial charge in [0.15, 0.2) is 0 Å². The molecule has 1 amide bonds. The topological polar surface area (TPSA) is 88.9 Å². The van der Waals surface area contributed by atoms with E-state index in [9.17, 15) is 9.59 Å². The van der Waals surface area contributed by atoms with Crippen molar-refractivity contribution in [2.75, 3.05) is 26.7 Å². The van der Waals surface area contributed by atoms with E-state index in [4.69, 9.17) is 5.73 Å². The molecule has 2 bridgehead atoms. The van der Waals surface area contributed by atoms with Crippen molar-refractivity contribution in [3.63, 3.8) is 0 Å². The molecule has 2 aliphatic rings. The van der Waals surface area contributed by atoms with Gasteiger partial charge in [-0.15, -0.1) is 0 Å². The van der Waals surface area contributed by atoms with Crippen molar-refractivity contribution in [2.45, 2.75) is 32.0 Å². The number of likely N-dealkylation sites (N-methyl/N-ethyl adjacent to an activating group) is 1. The average Bonchev–Trinajstić information content (AvgIpc) is 3.20. The molecule has 3 aromatic rings. The Kier molecular flexibility index (Phi) is 5.11. The second-order valence-corrected chi connectivity index (χ2v) is 9.02. The van der Waals surface area contributed by atoms with E-state index in [-0.39, 0.29) is 18.0 Å². The fourth-order valence-electron chi connectivity index (χ4n) is 5.31. The van der Waals surface area contributed by atoms with Crippen LogP contribution < -0.4 is 11.3 Å². The van der Waals surface area contributed by atoms with Gasteiger partial charge in [0.05, 0.1) is 17.8 Å². The normalized spacial score (nSPS) is 20.8. The fraction of sp³-hybridized carbons (Fsp3) is 0.435. The lowest BCUT2D eigenvalue weighted by Gasteiger charge is -2.43. The summed E-state index contributed by atoms with van der Waals surface area (Å²) in [6, 6.07) is 12.3. The Morgan fingerprint density at radius 3 is 2.90 bits per heavy atom. The number of primary amides is 1. The van der Waals surface area contributed by atoms with E-state index in [0.717, 1.165) is 49.4 Å². The molecule has 162 valence electrons. The minimum Gasteiger partial charge on any atom is -0.369 e. The van der Waals surface area contributed by atoms with Crippen LogP contribution in [0.3, 0.4) is 0 Å². The standard InChI is InChI=1S/C23H28N6O2/c1-26(15-22(24)30)12-17-5-6-21-18-9-16(11-28(21)23(17)31)10-27(13-18)14-20-4-2-3-19-7-8-25-29(19)20/h2-8,16,18H,9-15H2,1H3,(H2,24,30)/t16-,18+/m0/s1. The number of hydrogen-bond donors (Lipinski definition) is 1. The quantitative estimate of drug-likeness (QED) is 0.644. The first-order valence-electron chi connectivity index (χ1n) is 10.8. The highest BCUT2D eigenvalue weighted by atomic mass is 16.1. The third-order valence-corrected chi connectivity index (χ3v) is 6.51. The molecule has 3 aromatic heterocycles. The van der Waals surface area contributed by atoms with Gasteiger partial charge in [0.1, 0.15) is 0 Å². The lowest BCUT2D eigenvalue weighted by molar-refractivity contribution is -0.118. The minimum atomic E-state index is -0.388. The Balaban J connectivity index is 1.36. The molecule has 0 radical (unpaired) electrons. The number of pyridine rings is 2. The SMILES string of the molecule is CN(CC(N)=O)Cc1ccc2n(c1=O)C[C@H]1C[C@@H]2CN(Cc2cccc3ccnn23)C1. The Hall–Kier alpha value is -2.97. The highest BCUT2D eigenvalue weighted by Crippen LogP contribution is 2.35. The highest BCUT2D eigenvalue weighted by molar-refractivity contribution is 5.75. The predicted molar refractivity (Wildman–Crippen MR) is 118 cm³/mol. The molecule has 1 saturated heterocycles. The number of aromatic nitrogens is 3. The number of carbonyl (C=O) groups excluding carboxylic acids is 1. The van der Waals surface area contributed by atoms with Crippen LogP contribution in [-0.2, 0) is 24.4 Å². The van der Waals surface area contributed by atoms with Gasteiger partial charge in [0, 0.05) is 56.1 Å². The van der Waals surface area contributed by atoms with Gasteiger partial charge >= 0.3 is 0 Å². The number of hydrogen-bond acceptors (Lipinski definition) is 5. The van der Waals surface area contributed by atoms with Gasteiger partial charge in [-0.25, -0.2) is 4.52 Å². The third kappa shape index (κ3) is 3.88. The first-order valence-corrected chi connectivity index (χ1v) is 10.8. The van der Waals surface area contributed by atoms with Gasteiger partial charge in [-0.05, 0) is 43.7 Å². The summed E-state index contributed by atoms with van der Waals surface area (Å²) in [5.41, 5.74) is 9.49. The molecular formula is C23H28N6O2. The van der Waals surface area contributed by atoms with E-state index in [2.05, 4.69) is 34.3 Å². The van der Waals surface area contributed by atoms with Gasteiger partial charge < -0.3 is 10.3 Å². The number of amides is 1. The summed E-state index contributed by atoms with van der Waals surface area (Å²) in [6.45, 7) is 4.09. The summed E-state index contributed by atoms with van der Waals surface area (Å²) >= 11 is 0. The number of rotatable bonds is 6.